The Labute approximate surface area is 115 Å². The summed E-state index contributed by atoms with van der Waals surface area (Å²) in [5, 5.41) is 10.5. The number of aromatic nitrogens is 2. The van der Waals surface area contributed by atoms with Gasteiger partial charge < -0.3 is 10.0 Å². The van der Waals surface area contributed by atoms with Gasteiger partial charge in [0.05, 0.1) is 18.0 Å². The van der Waals surface area contributed by atoms with Crippen LogP contribution in [-0.2, 0) is 6.42 Å². The van der Waals surface area contributed by atoms with Crippen molar-refractivity contribution in [2.45, 2.75) is 26.3 Å². The molecule has 2 aromatic rings. The van der Waals surface area contributed by atoms with Gasteiger partial charge in [-0.25, -0.2) is 4.98 Å². The van der Waals surface area contributed by atoms with Crippen LogP contribution in [0.4, 0.5) is 5.82 Å². The van der Waals surface area contributed by atoms with Crippen molar-refractivity contribution in [3.8, 4) is 0 Å². The molecule has 0 aliphatic heterocycles. The third kappa shape index (κ3) is 2.43. The van der Waals surface area contributed by atoms with Crippen LogP contribution in [0.2, 0.25) is 5.28 Å². The number of nitrogens with zero attached hydrogens (tertiary/aromatic N) is 3. The van der Waals surface area contributed by atoms with Gasteiger partial charge >= 0.3 is 0 Å². The first-order chi connectivity index (χ1) is 8.56. The van der Waals surface area contributed by atoms with E-state index in [9.17, 15) is 5.11 Å². The van der Waals surface area contributed by atoms with Crippen LogP contribution in [0.5, 0.6) is 0 Å². The zero-order chi connectivity index (χ0) is 13.3. The molecule has 2 rings (SSSR count). The Balaban J connectivity index is 2.57. The zero-order valence-corrected chi connectivity index (χ0v) is 12.2. The second-order valence-electron chi connectivity index (χ2n) is 4.24. The second-order valence-corrected chi connectivity index (χ2v) is 5.70. The van der Waals surface area contributed by atoms with Crippen molar-refractivity contribution in [2.75, 3.05) is 18.6 Å². The molecule has 0 aliphatic rings. The van der Waals surface area contributed by atoms with Gasteiger partial charge in [-0.2, -0.15) is 4.98 Å². The van der Waals surface area contributed by atoms with Gasteiger partial charge in [0.15, 0.2) is 0 Å². The van der Waals surface area contributed by atoms with E-state index in [0.717, 1.165) is 22.5 Å². The van der Waals surface area contributed by atoms with Crippen LogP contribution in [0.25, 0.3) is 10.2 Å². The van der Waals surface area contributed by atoms with E-state index in [4.69, 9.17) is 11.6 Å². The maximum atomic E-state index is 9.24. The van der Waals surface area contributed by atoms with Crippen LogP contribution in [0.1, 0.15) is 18.7 Å². The minimum Gasteiger partial charge on any atom is -0.394 e. The van der Waals surface area contributed by atoms with E-state index in [2.05, 4.69) is 23.0 Å². The maximum Gasteiger partial charge on any atom is 0.225 e. The van der Waals surface area contributed by atoms with Gasteiger partial charge in [-0.1, -0.05) is 6.92 Å². The smallest absolute Gasteiger partial charge is 0.225 e. The summed E-state index contributed by atoms with van der Waals surface area (Å²) in [5.41, 5.74) is 0. The van der Waals surface area contributed by atoms with Crippen molar-refractivity contribution in [3.63, 3.8) is 0 Å². The zero-order valence-electron chi connectivity index (χ0n) is 10.6. The molecule has 0 bridgehead atoms. The standard InChI is InChI=1S/C12H16ClN3OS/c1-4-8-5-9-10(16(3)7(2)6-17)14-12(13)15-11(9)18-8/h5,7,17H,4,6H2,1-3H3. The fourth-order valence-electron chi connectivity index (χ4n) is 1.71. The number of fused-ring (bicyclic) bond motifs is 1. The summed E-state index contributed by atoms with van der Waals surface area (Å²) in [7, 11) is 1.91. The van der Waals surface area contributed by atoms with Gasteiger partial charge in [-0.3, -0.25) is 0 Å². The first kappa shape index (κ1) is 13.5. The van der Waals surface area contributed by atoms with Gasteiger partial charge in [-0.15, -0.1) is 11.3 Å². The van der Waals surface area contributed by atoms with Gasteiger partial charge in [0.25, 0.3) is 0 Å². The first-order valence-corrected chi connectivity index (χ1v) is 7.05. The number of hydrogen-bond acceptors (Lipinski definition) is 5. The van der Waals surface area contributed by atoms with Crippen molar-refractivity contribution in [2.24, 2.45) is 0 Å². The molecule has 0 spiro atoms. The second kappa shape index (κ2) is 5.38. The predicted molar refractivity (Wildman–Crippen MR) is 76.8 cm³/mol. The molecule has 0 amide bonds. The minimum absolute atomic E-state index is 0.0101. The molecule has 98 valence electrons. The SMILES string of the molecule is CCc1cc2c(N(C)C(C)CO)nc(Cl)nc2s1. The van der Waals surface area contributed by atoms with E-state index >= 15 is 0 Å². The minimum atomic E-state index is -0.0101. The molecule has 18 heavy (non-hydrogen) atoms. The summed E-state index contributed by atoms with van der Waals surface area (Å²) < 4.78 is 0. The largest absolute Gasteiger partial charge is 0.394 e. The van der Waals surface area contributed by atoms with Gasteiger partial charge in [0.1, 0.15) is 10.6 Å². The Morgan fingerprint density at radius 2 is 2.22 bits per heavy atom. The van der Waals surface area contributed by atoms with E-state index in [1.165, 1.54) is 4.88 Å². The lowest BCUT2D eigenvalue weighted by Gasteiger charge is -2.24. The highest BCUT2D eigenvalue weighted by Crippen LogP contribution is 2.32. The summed E-state index contributed by atoms with van der Waals surface area (Å²) in [6.45, 7) is 4.12. The molecule has 4 nitrogen and oxygen atoms in total. The van der Waals surface area contributed by atoms with Crippen molar-refractivity contribution >= 4 is 39.0 Å². The Hall–Kier alpha value is -0.910. The number of rotatable bonds is 4. The number of halogens is 1. The predicted octanol–water partition coefficient (Wildman–Crippen LogP) is 2.72. The Morgan fingerprint density at radius 1 is 1.50 bits per heavy atom. The molecule has 1 unspecified atom stereocenters. The number of likely N-dealkylation sites (N-methyl/N-ethyl adjacent to an activating group) is 1. The highest BCUT2D eigenvalue weighted by molar-refractivity contribution is 7.18. The third-order valence-corrected chi connectivity index (χ3v) is 4.35. The molecular weight excluding hydrogens is 270 g/mol. The molecule has 0 saturated heterocycles. The van der Waals surface area contributed by atoms with Crippen LogP contribution >= 0.6 is 22.9 Å². The molecular formula is C12H16ClN3OS. The van der Waals surface area contributed by atoms with Crippen molar-refractivity contribution in [1.82, 2.24) is 9.97 Å². The van der Waals surface area contributed by atoms with E-state index in [-0.39, 0.29) is 17.9 Å². The number of hydrogen-bond donors (Lipinski definition) is 1. The first-order valence-electron chi connectivity index (χ1n) is 5.86. The van der Waals surface area contributed by atoms with Crippen molar-refractivity contribution < 1.29 is 5.11 Å². The van der Waals surface area contributed by atoms with Crippen molar-refractivity contribution in [3.05, 3.63) is 16.2 Å². The average molecular weight is 286 g/mol. The molecule has 6 heteroatoms. The van der Waals surface area contributed by atoms with Crippen LogP contribution in [-0.4, -0.2) is 34.8 Å². The lowest BCUT2D eigenvalue weighted by Crippen LogP contribution is -2.32. The van der Waals surface area contributed by atoms with E-state index < -0.39 is 0 Å². The molecule has 1 atom stereocenters. The Kier molecular flexibility index (Phi) is 4.04. The molecule has 0 aromatic carbocycles. The van der Waals surface area contributed by atoms with Crippen molar-refractivity contribution in [1.29, 1.82) is 0 Å². The lowest BCUT2D eigenvalue weighted by atomic mass is 10.2. The third-order valence-electron chi connectivity index (χ3n) is 3.00. The molecule has 2 aromatic heterocycles. The van der Waals surface area contributed by atoms with E-state index in [1.807, 2.05) is 18.9 Å². The summed E-state index contributed by atoms with van der Waals surface area (Å²) in [6.07, 6.45) is 0.970. The van der Waals surface area contributed by atoms with Crippen LogP contribution in [0.3, 0.4) is 0 Å². The molecule has 0 aliphatic carbocycles. The highest BCUT2D eigenvalue weighted by Gasteiger charge is 2.17. The molecule has 1 N–H and O–H groups in total. The lowest BCUT2D eigenvalue weighted by molar-refractivity contribution is 0.270. The number of aliphatic hydroxyl groups is 1. The molecule has 0 fully saturated rings. The summed E-state index contributed by atoms with van der Waals surface area (Å²) in [6, 6.07) is 2.09. The molecule has 0 saturated carbocycles. The monoisotopic (exact) mass is 285 g/mol. The van der Waals surface area contributed by atoms with Gasteiger partial charge in [-0.05, 0) is 31.0 Å². The Bertz CT molecular complexity index is 557. The van der Waals surface area contributed by atoms with Crippen LogP contribution in [0, 0.1) is 0 Å². The molecule has 2 heterocycles. The fraction of sp³-hybridized carbons (Fsp3) is 0.500. The summed E-state index contributed by atoms with van der Waals surface area (Å²) in [4.78, 5) is 12.6. The fourth-order valence-corrected chi connectivity index (χ4v) is 2.88. The quantitative estimate of drug-likeness (QED) is 0.878. The van der Waals surface area contributed by atoms with E-state index in [1.54, 1.807) is 11.3 Å². The molecule has 0 radical (unpaired) electrons. The van der Waals surface area contributed by atoms with Crippen LogP contribution in [0.15, 0.2) is 6.07 Å². The summed E-state index contributed by atoms with van der Waals surface area (Å²) >= 11 is 7.60. The van der Waals surface area contributed by atoms with Crippen LogP contribution < -0.4 is 4.90 Å². The number of aryl methyl sites for hydroxylation is 1. The van der Waals surface area contributed by atoms with E-state index in [0.29, 0.717) is 0 Å². The van der Waals surface area contributed by atoms with Gasteiger partial charge in [0, 0.05) is 11.9 Å². The maximum absolute atomic E-state index is 9.24. The Morgan fingerprint density at radius 3 is 2.83 bits per heavy atom. The normalized spacial score (nSPS) is 12.9. The number of anilines is 1. The number of thiophene rings is 1. The number of aliphatic hydroxyl groups excluding tert-OH is 1. The average Bonchev–Trinajstić information content (AvgIpc) is 2.78. The summed E-state index contributed by atoms with van der Waals surface area (Å²) in [5.74, 6) is 0.780. The highest BCUT2D eigenvalue weighted by atomic mass is 35.5. The topological polar surface area (TPSA) is 49.2 Å². The van der Waals surface area contributed by atoms with Gasteiger partial charge in [0.2, 0.25) is 5.28 Å².